The lowest BCUT2D eigenvalue weighted by molar-refractivity contribution is 0.101. The summed E-state index contributed by atoms with van der Waals surface area (Å²) in [6.45, 7) is 2.62. The molecule has 0 saturated heterocycles. The highest BCUT2D eigenvalue weighted by molar-refractivity contribution is 5.94. The van der Waals surface area contributed by atoms with E-state index in [2.05, 4.69) is 5.92 Å². The molecule has 0 radical (unpaired) electrons. The van der Waals surface area contributed by atoms with Crippen LogP contribution in [0.4, 0.5) is 10.1 Å². The molecule has 0 aromatic heterocycles. The largest absolute Gasteiger partial charge is 0.358 e. The first-order valence-electron chi connectivity index (χ1n) is 6.10. The van der Waals surface area contributed by atoms with Crippen molar-refractivity contribution >= 4 is 11.5 Å². The van der Waals surface area contributed by atoms with E-state index >= 15 is 0 Å². The summed E-state index contributed by atoms with van der Waals surface area (Å²) in [5.41, 5.74) is 0.883. The van der Waals surface area contributed by atoms with E-state index in [1.54, 1.807) is 12.1 Å². The maximum atomic E-state index is 14.0. The number of rotatable bonds is 5. The van der Waals surface area contributed by atoms with E-state index < -0.39 is 0 Å². The highest BCUT2D eigenvalue weighted by atomic mass is 19.1. The third kappa shape index (κ3) is 2.89. The van der Waals surface area contributed by atoms with E-state index in [1.165, 1.54) is 25.8 Å². The van der Waals surface area contributed by atoms with Gasteiger partial charge in [0.2, 0.25) is 0 Å². The Morgan fingerprint density at radius 2 is 2.28 bits per heavy atom. The molecule has 3 heteroatoms. The standard InChI is InChI=1S/C15H16FNO/c1-3-8-17(10-12-4-5-12)15-7-6-13(11(2)18)9-14(15)16/h1,6-7,9,12H,4-5,8,10H2,2H3. The molecule has 94 valence electrons. The van der Waals surface area contributed by atoms with E-state index in [9.17, 15) is 9.18 Å². The van der Waals surface area contributed by atoms with Gasteiger partial charge in [0, 0.05) is 12.1 Å². The fraction of sp³-hybridized carbons (Fsp3) is 0.400. The fourth-order valence-electron chi connectivity index (χ4n) is 1.95. The minimum absolute atomic E-state index is 0.133. The van der Waals surface area contributed by atoms with E-state index in [0.29, 0.717) is 23.7 Å². The second kappa shape index (κ2) is 5.22. The molecule has 1 saturated carbocycles. The van der Waals surface area contributed by atoms with Crippen molar-refractivity contribution in [2.75, 3.05) is 18.0 Å². The number of terminal acetylenes is 1. The van der Waals surface area contributed by atoms with Gasteiger partial charge in [0.15, 0.2) is 5.78 Å². The highest BCUT2D eigenvalue weighted by Crippen LogP contribution is 2.32. The number of hydrogen-bond acceptors (Lipinski definition) is 2. The first-order valence-corrected chi connectivity index (χ1v) is 6.10. The van der Waals surface area contributed by atoms with Crippen molar-refractivity contribution in [1.82, 2.24) is 0 Å². The van der Waals surface area contributed by atoms with Gasteiger partial charge in [0.1, 0.15) is 5.82 Å². The molecule has 2 rings (SSSR count). The molecule has 0 amide bonds. The first kappa shape index (κ1) is 12.6. The van der Waals surface area contributed by atoms with E-state index in [4.69, 9.17) is 6.42 Å². The highest BCUT2D eigenvalue weighted by Gasteiger charge is 2.25. The zero-order valence-electron chi connectivity index (χ0n) is 10.4. The summed E-state index contributed by atoms with van der Waals surface area (Å²) >= 11 is 0. The van der Waals surface area contributed by atoms with E-state index in [1.807, 2.05) is 4.90 Å². The maximum absolute atomic E-state index is 14.0. The van der Waals surface area contributed by atoms with Crippen LogP contribution in [-0.2, 0) is 0 Å². The molecule has 0 spiro atoms. The summed E-state index contributed by atoms with van der Waals surface area (Å²) in [5, 5.41) is 0. The molecule has 1 aliphatic carbocycles. The van der Waals surface area contributed by atoms with Gasteiger partial charge < -0.3 is 4.90 Å². The van der Waals surface area contributed by atoms with Crippen LogP contribution < -0.4 is 4.90 Å². The van der Waals surface area contributed by atoms with E-state index in [-0.39, 0.29) is 11.6 Å². The van der Waals surface area contributed by atoms with Crippen LogP contribution in [0.5, 0.6) is 0 Å². The second-order valence-corrected chi connectivity index (χ2v) is 4.75. The minimum atomic E-state index is -0.376. The minimum Gasteiger partial charge on any atom is -0.358 e. The SMILES string of the molecule is C#CCN(CC1CC1)c1ccc(C(C)=O)cc1F. The number of hydrogen-bond donors (Lipinski definition) is 0. The summed E-state index contributed by atoms with van der Waals surface area (Å²) in [5.74, 6) is 2.68. The summed E-state index contributed by atoms with van der Waals surface area (Å²) in [4.78, 5) is 13.1. The zero-order valence-corrected chi connectivity index (χ0v) is 10.4. The fourth-order valence-corrected chi connectivity index (χ4v) is 1.95. The Balaban J connectivity index is 2.23. The third-order valence-corrected chi connectivity index (χ3v) is 3.15. The van der Waals surface area contributed by atoms with E-state index in [0.717, 1.165) is 6.54 Å². The molecule has 1 fully saturated rings. The zero-order chi connectivity index (χ0) is 13.1. The first-order chi connectivity index (χ1) is 8.61. The topological polar surface area (TPSA) is 20.3 Å². The van der Waals surface area contributed by atoms with Crippen LogP contribution >= 0.6 is 0 Å². The number of carbonyl (C=O) groups is 1. The summed E-state index contributed by atoms with van der Waals surface area (Å²) in [6.07, 6.45) is 7.70. The van der Waals surface area contributed by atoms with Crippen LogP contribution in [0.2, 0.25) is 0 Å². The van der Waals surface area contributed by atoms with Crippen molar-refractivity contribution in [3.8, 4) is 12.3 Å². The molecule has 1 aromatic rings. The quantitative estimate of drug-likeness (QED) is 0.587. The van der Waals surface area contributed by atoms with Gasteiger partial charge in [-0.25, -0.2) is 4.39 Å². The van der Waals surface area contributed by atoms with Crippen LogP contribution in [0.25, 0.3) is 0 Å². The molecule has 1 aliphatic rings. The van der Waals surface area contributed by atoms with Gasteiger partial charge in [-0.1, -0.05) is 5.92 Å². The Kier molecular flexibility index (Phi) is 3.66. The lowest BCUT2D eigenvalue weighted by atomic mass is 10.1. The van der Waals surface area contributed by atoms with Crippen molar-refractivity contribution in [1.29, 1.82) is 0 Å². The van der Waals surface area contributed by atoms with Crippen LogP contribution in [0, 0.1) is 24.1 Å². The number of benzene rings is 1. The molecular weight excluding hydrogens is 229 g/mol. The van der Waals surface area contributed by atoms with Crippen molar-refractivity contribution in [2.45, 2.75) is 19.8 Å². The number of ketones is 1. The smallest absolute Gasteiger partial charge is 0.159 e. The van der Waals surface area contributed by atoms with Gasteiger partial charge in [-0.05, 0) is 43.9 Å². The second-order valence-electron chi connectivity index (χ2n) is 4.75. The number of nitrogens with zero attached hydrogens (tertiary/aromatic N) is 1. The predicted molar refractivity (Wildman–Crippen MR) is 70.2 cm³/mol. The molecule has 18 heavy (non-hydrogen) atoms. The third-order valence-electron chi connectivity index (χ3n) is 3.15. The maximum Gasteiger partial charge on any atom is 0.159 e. The average Bonchev–Trinajstić information content (AvgIpc) is 3.12. The molecule has 0 N–H and O–H groups in total. The Morgan fingerprint density at radius 1 is 1.56 bits per heavy atom. The molecule has 0 heterocycles. The molecule has 1 aromatic carbocycles. The molecule has 0 unspecified atom stereocenters. The Morgan fingerprint density at radius 3 is 2.78 bits per heavy atom. The van der Waals surface area contributed by atoms with Crippen molar-refractivity contribution < 1.29 is 9.18 Å². The average molecular weight is 245 g/mol. The van der Waals surface area contributed by atoms with Gasteiger partial charge in [-0.15, -0.1) is 6.42 Å². The van der Waals surface area contributed by atoms with Crippen LogP contribution in [0.1, 0.15) is 30.1 Å². The summed E-state index contributed by atoms with van der Waals surface area (Å²) < 4.78 is 14.0. The van der Waals surface area contributed by atoms with Crippen LogP contribution in [-0.4, -0.2) is 18.9 Å². The van der Waals surface area contributed by atoms with Crippen LogP contribution in [0.15, 0.2) is 18.2 Å². The molecule has 0 bridgehead atoms. The predicted octanol–water partition coefficient (Wildman–Crippen LogP) is 2.88. The molecule has 0 atom stereocenters. The van der Waals surface area contributed by atoms with Crippen LogP contribution in [0.3, 0.4) is 0 Å². The van der Waals surface area contributed by atoms with Crippen molar-refractivity contribution in [3.63, 3.8) is 0 Å². The number of carbonyl (C=O) groups excluding carboxylic acids is 1. The Labute approximate surface area is 107 Å². The van der Waals surface area contributed by atoms with Crippen molar-refractivity contribution in [2.24, 2.45) is 5.92 Å². The van der Waals surface area contributed by atoms with Gasteiger partial charge in [0.05, 0.1) is 12.2 Å². The molecular formula is C15H16FNO. The molecule has 2 nitrogen and oxygen atoms in total. The monoisotopic (exact) mass is 245 g/mol. The van der Waals surface area contributed by atoms with Gasteiger partial charge >= 0.3 is 0 Å². The Hall–Kier alpha value is -1.82. The van der Waals surface area contributed by atoms with Gasteiger partial charge in [-0.2, -0.15) is 0 Å². The molecule has 0 aliphatic heterocycles. The summed E-state index contributed by atoms with van der Waals surface area (Å²) in [7, 11) is 0. The Bertz CT molecular complexity index is 500. The summed E-state index contributed by atoms with van der Waals surface area (Å²) in [6, 6.07) is 4.58. The lowest BCUT2D eigenvalue weighted by Crippen LogP contribution is -2.27. The normalized spacial score (nSPS) is 14.1. The number of halogens is 1. The lowest BCUT2D eigenvalue weighted by Gasteiger charge is -2.23. The van der Waals surface area contributed by atoms with Gasteiger partial charge in [0.25, 0.3) is 0 Å². The van der Waals surface area contributed by atoms with Crippen molar-refractivity contribution in [3.05, 3.63) is 29.6 Å². The number of anilines is 1. The van der Waals surface area contributed by atoms with Gasteiger partial charge in [-0.3, -0.25) is 4.79 Å². The number of Topliss-reactive ketones (excluding diaryl/α,β-unsaturated/α-hetero) is 1.